The normalized spacial score (nSPS) is 11.3. The maximum Gasteiger partial charge on any atom is 0.396 e. The fourth-order valence-corrected chi connectivity index (χ4v) is 5.89. The van der Waals surface area contributed by atoms with Crippen LogP contribution in [0.1, 0.15) is 13.8 Å². The predicted molar refractivity (Wildman–Crippen MR) is 141 cm³/mol. The van der Waals surface area contributed by atoms with Crippen molar-refractivity contribution in [2.24, 2.45) is 0 Å². The fraction of sp³-hybridized carbons (Fsp3) is 0.0769. The van der Waals surface area contributed by atoms with Crippen molar-refractivity contribution in [3.05, 3.63) is 97.6 Å². The smallest absolute Gasteiger partial charge is 0.326 e. The molecule has 2 N–H and O–H groups in total. The van der Waals surface area contributed by atoms with Crippen LogP contribution < -0.4 is 28.7 Å². The standard InChI is InChI=1S/C26H22N4O8S2/c1-19(31)27-21-9-11-23(25(17-21)39(33,34)37-29-13-5-3-6-14-29)24-12-10-22(28-20(2)32)18-26(24)40(35,36)38-30-15-7-4-8-16-30/h3-18H,1-2H3/p+2. The molecule has 206 valence electrons. The second kappa shape index (κ2) is 11.5. The van der Waals surface area contributed by atoms with Gasteiger partial charge in [0.1, 0.15) is 9.79 Å². The molecule has 0 spiro atoms. The summed E-state index contributed by atoms with van der Waals surface area (Å²) in [6.45, 7) is 2.50. The van der Waals surface area contributed by atoms with E-state index in [-0.39, 0.29) is 22.5 Å². The molecule has 4 aromatic rings. The molecule has 0 bridgehead atoms. The Morgan fingerprint density at radius 1 is 0.600 bits per heavy atom. The van der Waals surface area contributed by atoms with E-state index in [1.165, 1.54) is 62.9 Å². The first-order valence-corrected chi connectivity index (χ1v) is 14.4. The van der Waals surface area contributed by atoms with Crippen LogP contribution in [0.15, 0.2) is 107 Å². The predicted octanol–water partition coefficient (Wildman–Crippen LogP) is 1.48. The van der Waals surface area contributed by atoms with Gasteiger partial charge in [-0.1, -0.05) is 24.3 Å². The fourth-order valence-electron chi connectivity index (χ4n) is 3.64. The van der Waals surface area contributed by atoms with Crippen LogP contribution in [0.2, 0.25) is 0 Å². The maximum absolute atomic E-state index is 13.5. The molecule has 0 saturated heterocycles. The highest BCUT2D eigenvalue weighted by Gasteiger charge is 2.32. The number of hydrogen-bond acceptors (Lipinski definition) is 8. The van der Waals surface area contributed by atoms with Crippen LogP contribution in [0.4, 0.5) is 11.4 Å². The Bertz CT molecular complexity index is 1650. The molecule has 14 heteroatoms. The molecule has 2 amide bonds. The molecular formula is C26H24N4O8S2+2. The van der Waals surface area contributed by atoms with Gasteiger partial charge in [0.25, 0.3) is 0 Å². The summed E-state index contributed by atoms with van der Waals surface area (Å²) in [7, 11) is -9.20. The number of benzene rings is 2. The first-order valence-electron chi connectivity index (χ1n) is 11.6. The number of nitrogens with one attached hydrogen (secondary N) is 2. The minimum absolute atomic E-state index is 0.0692. The average Bonchev–Trinajstić information content (AvgIpc) is 2.89. The van der Waals surface area contributed by atoms with E-state index in [1.807, 2.05) is 0 Å². The summed E-state index contributed by atoms with van der Waals surface area (Å²) in [5, 5.41) is 5.02. The summed E-state index contributed by atoms with van der Waals surface area (Å²) >= 11 is 0. The summed E-state index contributed by atoms with van der Waals surface area (Å²) in [5.41, 5.74) is 0.124. The molecule has 2 aromatic carbocycles. The molecular weight excluding hydrogens is 560 g/mol. The molecule has 0 fully saturated rings. The number of hydrogen-bond donors (Lipinski definition) is 2. The monoisotopic (exact) mass is 584 g/mol. The van der Waals surface area contributed by atoms with Gasteiger partial charge in [0.2, 0.25) is 36.6 Å². The molecule has 0 unspecified atom stereocenters. The third kappa shape index (κ3) is 6.78. The topological polar surface area (TPSA) is 153 Å². The van der Waals surface area contributed by atoms with Crippen molar-refractivity contribution in [1.82, 2.24) is 0 Å². The quantitative estimate of drug-likeness (QED) is 0.281. The van der Waals surface area contributed by atoms with Crippen LogP contribution in [0.3, 0.4) is 0 Å². The molecule has 40 heavy (non-hydrogen) atoms. The summed E-state index contributed by atoms with van der Waals surface area (Å²) < 4.78 is 66.4. The van der Waals surface area contributed by atoms with E-state index in [9.17, 15) is 26.4 Å². The van der Waals surface area contributed by atoms with Crippen LogP contribution in [0.5, 0.6) is 0 Å². The number of pyridine rings is 2. The second-order valence-electron chi connectivity index (χ2n) is 8.31. The van der Waals surface area contributed by atoms with E-state index < -0.39 is 41.8 Å². The molecule has 0 atom stereocenters. The average molecular weight is 585 g/mol. The lowest BCUT2D eigenvalue weighted by atomic mass is 10.0. The van der Waals surface area contributed by atoms with Gasteiger partial charge in [0.15, 0.2) is 0 Å². The summed E-state index contributed by atoms with van der Waals surface area (Å²) in [6.07, 6.45) is 5.44. The SMILES string of the molecule is CC(=O)Nc1ccc(-c2ccc(NC(C)=O)cc2S(=O)(=O)O[n+]2ccccc2)c(S(=O)(=O)O[n+]2ccccc2)c1. The molecule has 12 nitrogen and oxygen atoms in total. The Labute approximate surface area is 230 Å². The maximum atomic E-state index is 13.5. The minimum Gasteiger partial charge on any atom is -0.326 e. The first-order chi connectivity index (χ1) is 18.9. The Kier molecular flexibility index (Phi) is 8.11. The minimum atomic E-state index is -4.60. The number of aromatic nitrogens is 2. The summed E-state index contributed by atoms with van der Waals surface area (Å²) in [4.78, 5) is 22.5. The van der Waals surface area contributed by atoms with E-state index >= 15 is 0 Å². The molecule has 4 rings (SSSR count). The zero-order valence-electron chi connectivity index (χ0n) is 21.2. The van der Waals surface area contributed by atoms with Crippen LogP contribution in [0, 0.1) is 0 Å². The van der Waals surface area contributed by atoms with Gasteiger partial charge in [0.05, 0.1) is 0 Å². The summed E-state index contributed by atoms with van der Waals surface area (Å²) in [6, 6.07) is 17.3. The third-order valence-electron chi connectivity index (χ3n) is 5.18. The lowest BCUT2D eigenvalue weighted by Crippen LogP contribution is -2.45. The van der Waals surface area contributed by atoms with Crippen molar-refractivity contribution in [1.29, 1.82) is 0 Å². The summed E-state index contributed by atoms with van der Waals surface area (Å²) in [5.74, 6) is -0.906. The van der Waals surface area contributed by atoms with E-state index in [0.717, 1.165) is 21.6 Å². The lowest BCUT2D eigenvalue weighted by molar-refractivity contribution is -0.856. The Morgan fingerprint density at radius 3 is 1.27 bits per heavy atom. The van der Waals surface area contributed by atoms with E-state index in [0.29, 0.717) is 0 Å². The van der Waals surface area contributed by atoms with Crippen molar-refractivity contribution in [3.63, 3.8) is 0 Å². The lowest BCUT2D eigenvalue weighted by Gasteiger charge is -2.15. The number of amides is 2. The number of anilines is 2. The van der Waals surface area contributed by atoms with Crippen molar-refractivity contribution in [3.8, 4) is 11.1 Å². The van der Waals surface area contributed by atoms with Gasteiger partial charge in [0, 0.05) is 70.1 Å². The van der Waals surface area contributed by atoms with Gasteiger partial charge in [-0.3, -0.25) is 9.59 Å². The number of carbonyl (C=O) groups excluding carboxylic acids is 2. The van der Waals surface area contributed by atoms with Gasteiger partial charge < -0.3 is 10.6 Å². The Balaban J connectivity index is 1.93. The second-order valence-corrected chi connectivity index (χ2v) is 11.3. The van der Waals surface area contributed by atoms with E-state index in [4.69, 9.17) is 8.57 Å². The highest BCUT2D eigenvalue weighted by atomic mass is 32.2. The molecule has 2 heterocycles. The number of nitrogens with zero attached hydrogens (tertiary/aromatic N) is 2. The zero-order valence-corrected chi connectivity index (χ0v) is 22.8. The van der Waals surface area contributed by atoms with Gasteiger partial charge in [-0.05, 0) is 24.3 Å². The third-order valence-corrected chi connectivity index (χ3v) is 7.67. The van der Waals surface area contributed by atoms with Crippen LogP contribution in [-0.4, -0.2) is 28.6 Å². The zero-order chi connectivity index (χ0) is 28.9. The van der Waals surface area contributed by atoms with Crippen molar-refractivity contribution < 1.29 is 44.5 Å². The van der Waals surface area contributed by atoms with Gasteiger partial charge in [-0.15, -0.1) is 8.57 Å². The Morgan fingerprint density at radius 2 is 0.950 bits per heavy atom. The molecule has 2 aromatic heterocycles. The van der Waals surface area contributed by atoms with Crippen LogP contribution in [-0.2, 0) is 29.8 Å². The van der Waals surface area contributed by atoms with E-state index in [1.54, 1.807) is 36.4 Å². The van der Waals surface area contributed by atoms with Gasteiger partial charge in [-0.25, -0.2) is 0 Å². The first kappa shape index (κ1) is 28.2. The Hall–Kier alpha value is -4.82. The van der Waals surface area contributed by atoms with Crippen molar-refractivity contribution in [2.75, 3.05) is 10.6 Å². The van der Waals surface area contributed by atoms with Gasteiger partial charge >= 0.3 is 20.2 Å². The van der Waals surface area contributed by atoms with Gasteiger partial charge in [-0.2, -0.15) is 16.8 Å². The number of carbonyl (C=O) groups is 2. The molecule has 0 aliphatic heterocycles. The highest BCUT2D eigenvalue weighted by molar-refractivity contribution is 7.87. The van der Waals surface area contributed by atoms with Crippen molar-refractivity contribution >= 4 is 43.4 Å². The highest BCUT2D eigenvalue weighted by Crippen LogP contribution is 2.36. The van der Waals surface area contributed by atoms with Crippen LogP contribution >= 0.6 is 0 Å². The van der Waals surface area contributed by atoms with E-state index in [2.05, 4.69) is 10.6 Å². The molecule has 0 saturated carbocycles. The molecule has 0 aliphatic carbocycles. The van der Waals surface area contributed by atoms with Crippen LogP contribution in [0.25, 0.3) is 11.1 Å². The largest absolute Gasteiger partial charge is 0.396 e. The number of rotatable bonds is 9. The molecule has 0 radical (unpaired) electrons. The molecule has 0 aliphatic rings. The van der Waals surface area contributed by atoms with Crippen molar-refractivity contribution in [2.45, 2.75) is 23.6 Å².